The summed E-state index contributed by atoms with van der Waals surface area (Å²) in [4.78, 5) is 39.1. The van der Waals surface area contributed by atoms with E-state index in [2.05, 4.69) is 15.0 Å². The van der Waals surface area contributed by atoms with Gasteiger partial charge in [-0.05, 0) is 51.1 Å². The molecule has 0 aliphatic rings. The number of H-pyrrole nitrogens is 1. The number of fused-ring (bicyclic) bond motifs is 2. The van der Waals surface area contributed by atoms with Gasteiger partial charge in [-0.15, -0.1) is 0 Å². The summed E-state index contributed by atoms with van der Waals surface area (Å²) < 4.78 is 13.5. The molecule has 1 amide bonds. The normalized spacial score (nSPS) is 11.4. The lowest BCUT2D eigenvalue weighted by atomic mass is 10.1. The number of carbonyl (C=O) groups excluding carboxylic acids is 1. The number of rotatable bonds is 4. The summed E-state index contributed by atoms with van der Waals surface area (Å²) in [6, 6.07) is 13.0. The summed E-state index contributed by atoms with van der Waals surface area (Å²) in [6.45, 7) is 5.68. The second-order valence-corrected chi connectivity index (χ2v) is 7.51. The quantitative estimate of drug-likeness (QED) is 0.558. The highest BCUT2D eigenvalue weighted by Gasteiger charge is 2.23. The molecule has 0 aliphatic carbocycles. The average Bonchev–Trinajstić information content (AvgIpc) is 2.71. The fourth-order valence-electron chi connectivity index (χ4n) is 3.47. The minimum atomic E-state index is -0.372. The standard InChI is InChI=1S/C23H21FN4O2/c1-13(2)28(12-21-26-19-7-5-4-6-17(19)22(29)27-21)23(30)18-10-15-8-9-16(24)11-20(15)25-14(18)3/h4-11,13H,12H2,1-3H3,(H,26,27,29). The smallest absolute Gasteiger partial charge is 0.258 e. The third-order valence-electron chi connectivity index (χ3n) is 5.07. The molecule has 0 saturated heterocycles. The van der Waals surface area contributed by atoms with Crippen LogP contribution in [0.25, 0.3) is 21.8 Å². The number of aryl methyl sites for hydroxylation is 1. The molecule has 4 aromatic rings. The molecule has 0 aliphatic heterocycles. The van der Waals surface area contributed by atoms with Crippen molar-refractivity contribution in [1.29, 1.82) is 0 Å². The Labute approximate surface area is 172 Å². The lowest BCUT2D eigenvalue weighted by Gasteiger charge is -2.27. The van der Waals surface area contributed by atoms with Crippen molar-refractivity contribution in [2.45, 2.75) is 33.4 Å². The first-order chi connectivity index (χ1) is 14.3. The average molecular weight is 404 g/mol. The van der Waals surface area contributed by atoms with Crippen LogP contribution in [-0.2, 0) is 6.54 Å². The lowest BCUT2D eigenvalue weighted by Crippen LogP contribution is -2.38. The van der Waals surface area contributed by atoms with Gasteiger partial charge in [0.05, 0.1) is 34.2 Å². The minimum absolute atomic E-state index is 0.141. The number of aromatic amines is 1. The van der Waals surface area contributed by atoms with Gasteiger partial charge >= 0.3 is 0 Å². The number of hydrogen-bond donors (Lipinski definition) is 1. The van der Waals surface area contributed by atoms with E-state index in [0.29, 0.717) is 38.9 Å². The van der Waals surface area contributed by atoms with Crippen molar-refractivity contribution < 1.29 is 9.18 Å². The summed E-state index contributed by atoms with van der Waals surface area (Å²) in [5, 5.41) is 1.19. The van der Waals surface area contributed by atoms with E-state index in [0.717, 1.165) is 0 Å². The van der Waals surface area contributed by atoms with E-state index in [9.17, 15) is 14.0 Å². The number of aromatic nitrogens is 3. The highest BCUT2D eigenvalue weighted by atomic mass is 19.1. The van der Waals surface area contributed by atoms with E-state index in [1.807, 2.05) is 19.9 Å². The van der Waals surface area contributed by atoms with Gasteiger partial charge < -0.3 is 9.88 Å². The van der Waals surface area contributed by atoms with Gasteiger partial charge in [-0.3, -0.25) is 14.6 Å². The largest absolute Gasteiger partial charge is 0.329 e. The predicted molar refractivity (Wildman–Crippen MR) is 114 cm³/mol. The summed E-state index contributed by atoms with van der Waals surface area (Å²) in [7, 11) is 0. The van der Waals surface area contributed by atoms with Crippen LogP contribution in [0.2, 0.25) is 0 Å². The van der Waals surface area contributed by atoms with Crippen molar-refractivity contribution >= 4 is 27.7 Å². The molecule has 2 heterocycles. The molecule has 2 aromatic carbocycles. The van der Waals surface area contributed by atoms with Crippen molar-refractivity contribution in [3.63, 3.8) is 0 Å². The Hall–Kier alpha value is -3.61. The van der Waals surface area contributed by atoms with Crippen LogP contribution in [0.15, 0.2) is 53.3 Å². The maximum Gasteiger partial charge on any atom is 0.258 e. The zero-order valence-electron chi connectivity index (χ0n) is 16.9. The second-order valence-electron chi connectivity index (χ2n) is 7.51. The van der Waals surface area contributed by atoms with Crippen LogP contribution in [0.3, 0.4) is 0 Å². The first-order valence-corrected chi connectivity index (χ1v) is 9.69. The molecule has 0 spiro atoms. The summed E-state index contributed by atoms with van der Waals surface area (Å²) in [5.74, 6) is -0.185. The van der Waals surface area contributed by atoms with Crippen LogP contribution in [0, 0.1) is 12.7 Å². The molecule has 0 bridgehead atoms. The van der Waals surface area contributed by atoms with Gasteiger partial charge in [-0.1, -0.05) is 12.1 Å². The zero-order chi connectivity index (χ0) is 21.4. The van der Waals surface area contributed by atoms with Gasteiger partial charge in [-0.2, -0.15) is 0 Å². The number of nitrogens with zero attached hydrogens (tertiary/aromatic N) is 3. The topological polar surface area (TPSA) is 79.0 Å². The van der Waals surface area contributed by atoms with E-state index >= 15 is 0 Å². The van der Waals surface area contributed by atoms with Gasteiger partial charge in [0.15, 0.2) is 0 Å². The number of para-hydroxylation sites is 1. The summed E-state index contributed by atoms with van der Waals surface area (Å²) in [6.07, 6.45) is 0. The molecule has 0 fully saturated rings. The van der Waals surface area contributed by atoms with Crippen LogP contribution >= 0.6 is 0 Å². The first-order valence-electron chi connectivity index (χ1n) is 9.69. The second kappa shape index (κ2) is 7.67. The molecule has 6 nitrogen and oxygen atoms in total. The molecule has 0 atom stereocenters. The molecule has 7 heteroatoms. The number of halogens is 1. The Kier molecular flexibility index (Phi) is 5.03. The highest BCUT2D eigenvalue weighted by molar-refractivity contribution is 5.98. The van der Waals surface area contributed by atoms with Gasteiger partial charge in [-0.25, -0.2) is 9.37 Å². The Balaban J connectivity index is 1.72. The molecule has 30 heavy (non-hydrogen) atoms. The molecular weight excluding hydrogens is 383 g/mol. The van der Waals surface area contributed by atoms with Crippen molar-refractivity contribution in [3.05, 3.63) is 81.8 Å². The molecule has 0 radical (unpaired) electrons. The number of nitrogens with one attached hydrogen (secondary N) is 1. The monoisotopic (exact) mass is 404 g/mol. The third-order valence-corrected chi connectivity index (χ3v) is 5.07. The molecule has 1 N–H and O–H groups in total. The summed E-state index contributed by atoms with van der Waals surface area (Å²) >= 11 is 0. The Morgan fingerprint density at radius 1 is 1.10 bits per heavy atom. The van der Waals surface area contributed by atoms with Crippen molar-refractivity contribution in [2.75, 3.05) is 0 Å². The van der Waals surface area contributed by atoms with Crippen LogP contribution in [0.1, 0.15) is 35.7 Å². The maximum absolute atomic E-state index is 13.5. The van der Waals surface area contributed by atoms with Gasteiger partial charge in [0, 0.05) is 17.5 Å². The van der Waals surface area contributed by atoms with Crippen LogP contribution < -0.4 is 5.56 Å². The predicted octanol–water partition coefficient (Wildman–Crippen LogP) is 3.97. The maximum atomic E-state index is 13.5. The minimum Gasteiger partial charge on any atom is -0.329 e. The van der Waals surface area contributed by atoms with Gasteiger partial charge in [0.25, 0.3) is 11.5 Å². The SMILES string of the molecule is Cc1nc2cc(F)ccc2cc1C(=O)N(Cc1nc2ccccc2c(=O)[nH]1)C(C)C. The highest BCUT2D eigenvalue weighted by Crippen LogP contribution is 2.21. The molecule has 0 saturated carbocycles. The van der Waals surface area contributed by atoms with Gasteiger partial charge in [0.1, 0.15) is 11.6 Å². The van der Waals surface area contributed by atoms with E-state index in [-0.39, 0.29) is 29.9 Å². The first kappa shape index (κ1) is 19.7. The Morgan fingerprint density at radius 2 is 1.87 bits per heavy atom. The van der Waals surface area contributed by atoms with Crippen LogP contribution in [0.5, 0.6) is 0 Å². The number of hydrogen-bond acceptors (Lipinski definition) is 4. The third kappa shape index (κ3) is 3.66. The zero-order valence-corrected chi connectivity index (χ0v) is 16.9. The fraction of sp³-hybridized carbons (Fsp3) is 0.217. The number of pyridine rings is 1. The van der Waals surface area contributed by atoms with Crippen LogP contribution in [-0.4, -0.2) is 31.8 Å². The number of carbonyl (C=O) groups is 1. The lowest BCUT2D eigenvalue weighted by molar-refractivity contribution is 0.0684. The van der Waals surface area contributed by atoms with E-state index in [1.165, 1.54) is 12.1 Å². The molecule has 0 unspecified atom stereocenters. The number of amides is 1. The fourth-order valence-corrected chi connectivity index (χ4v) is 3.47. The molecule has 2 aromatic heterocycles. The Morgan fingerprint density at radius 3 is 2.63 bits per heavy atom. The van der Waals surface area contributed by atoms with Crippen molar-refractivity contribution in [3.8, 4) is 0 Å². The molecule has 4 rings (SSSR count). The summed E-state index contributed by atoms with van der Waals surface area (Å²) in [5.41, 5.74) is 1.80. The van der Waals surface area contributed by atoms with E-state index < -0.39 is 0 Å². The van der Waals surface area contributed by atoms with Crippen LogP contribution in [0.4, 0.5) is 4.39 Å². The van der Waals surface area contributed by atoms with E-state index in [1.54, 1.807) is 42.2 Å². The van der Waals surface area contributed by atoms with Crippen molar-refractivity contribution in [1.82, 2.24) is 19.9 Å². The molecular formula is C23H21FN4O2. The van der Waals surface area contributed by atoms with Gasteiger partial charge in [0.2, 0.25) is 0 Å². The molecule has 152 valence electrons. The Bertz CT molecular complexity index is 1330. The van der Waals surface area contributed by atoms with Crippen molar-refractivity contribution in [2.24, 2.45) is 0 Å². The number of benzene rings is 2. The van der Waals surface area contributed by atoms with E-state index in [4.69, 9.17) is 0 Å².